The van der Waals surface area contributed by atoms with Crippen molar-refractivity contribution >= 4 is 5.97 Å². The fraction of sp³-hybridized carbons (Fsp3) is 0.533. The summed E-state index contributed by atoms with van der Waals surface area (Å²) in [6, 6.07) is 6.39. The van der Waals surface area contributed by atoms with Crippen molar-refractivity contribution in [2.45, 2.75) is 25.3 Å². The number of benzene rings is 1. The average molecular weight is 280 g/mol. The molecule has 0 saturated carbocycles. The predicted molar refractivity (Wildman–Crippen MR) is 75.2 cm³/mol. The van der Waals surface area contributed by atoms with Gasteiger partial charge < -0.3 is 10.4 Å². The van der Waals surface area contributed by atoms with Crippen LogP contribution < -0.4 is 5.32 Å². The maximum absolute atomic E-state index is 13.8. The molecular formula is C15H21FN2O2. The molecule has 1 saturated heterocycles. The molecule has 20 heavy (non-hydrogen) atoms. The van der Waals surface area contributed by atoms with Crippen LogP contribution in [0.2, 0.25) is 0 Å². The van der Waals surface area contributed by atoms with E-state index in [1.54, 1.807) is 25.1 Å². The van der Waals surface area contributed by atoms with Crippen LogP contribution in [0, 0.1) is 5.82 Å². The Balaban J connectivity index is 2.24. The minimum Gasteiger partial charge on any atom is -0.480 e. The van der Waals surface area contributed by atoms with E-state index < -0.39 is 11.5 Å². The van der Waals surface area contributed by atoms with Gasteiger partial charge in [0.2, 0.25) is 0 Å². The molecule has 4 nitrogen and oxygen atoms in total. The van der Waals surface area contributed by atoms with E-state index in [1.165, 1.54) is 6.07 Å². The average Bonchev–Trinajstić information content (AvgIpc) is 2.70. The molecule has 0 spiro atoms. The summed E-state index contributed by atoms with van der Waals surface area (Å²) in [6.45, 7) is 4.72. The number of carboxylic acid groups (broad SMARTS) is 1. The Hall–Kier alpha value is -1.46. The van der Waals surface area contributed by atoms with Crippen molar-refractivity contribution in [1.82, 2.24) is 10.2 Å². The first-order chi connectivity index (χ1) is 9.54. The summed E-state index contributed by atoms with van der Waals surface area (Å²) in [5.41, 5.74) is -0.622. The van der Waals surface area contributed by atoms with E-state index >= 15 is 0 Å². The highest BCUT2D eigenvalue weighted by molar-refractivity contribution is 5.78. The predicted octanol–water partition coefficient (Wildman–Crippen LogP) is 1.51. The second-order valence-corrected chi connectivity index (χ2v) is 5.44. The smallest absolute Gasteiger partial charge is 0.324 e. The number of carboxylic acids is 1. The minimum atomic E-state index is -1.08. The summed E-state index contributed by atoms with van der Waals surface area (Å²) in [5, 5.41) is 12.9. The molecule has 110 valence electrons. The molecule has 0 radical (unpaired) electrons. The Labute approximate surface area is 118 Å². The molecule has 0 bridgehead atoms. The van der Waals surface area contributed by atoms with Gasteiger partial charge in [0.15, 0.2) is 0 Å². The topological polar surface area (TPSA) is 52.6 Å². The summed E-state index contributed by atoms with van der Waals surface area (Å²) >= 11 is 0. The Morgan fingerprint density at radius 3 is 2.85 bits per heavy atom. The third-order valence-corrected chi connectivity index (χ3v) is 3.99. The second-order valence-electron chi connectivity index (χ2n) is 5.44. The summed E-state index contributed by atoms with van der Waals surface area (Å²) in [5.74, 6) is -1.24. The van der Waals surface area contributed by atoms with Crippen LogP contribution in [-0.2, 0) is 11.2 Å². The van der Waals surface area contributed by atoms with Crippen molar-refractivity contribution < 1.29 is 14.3 Å². The third kappa shape index (κ3) is 3.16. The van der Waals surface area contributed by atoms with Crippen LogP contribution in [0.4, 0.5) is 4.39 Å². The fourth-order valence-corrected chi connectivity index (χ4v) is 2.67. The van der Waals surface area contributed by atoms with Gasteiger partial charge in [0, 0.05) is 26.1 Å². The second kappa shape index (κ2) is 6.33. The van der Waals surface area contributed by atoms with Gasteiger partial charge in [-0.25, -0.2) is 4.39 Å². The Morgan fingerprint density at radius 2 is 2.15 bits per heavy atom. The van der Waals surface area contributed by atoms with Gasteiger partial charge in [-0.1, -0.05) is 18.2 Å². The Morgan fingerprint density at radius 1 is 1.40 bits per heavy atom. The lowest BCUT2D eigenvalue weighted by Gasteiger charge is -2.37. The molecular weight excluding hydrogens is 259 g/mol. The van der Waals surface area contributed by atoms with Gasteiger partial charge in [0.25, 0.3) is 0 Å². The lowest BCUT2D eigenvalue weighted by Crippen LogP contribution is -2.55. The molecule has 1 heterocycles. The molecule has 1 atom stereocenters. The summed E-state index contributed by atoms with van der Waals surface area (Å²) in [4.78, 5) is 13.7. The molecule has 1 fully saturated rings. The Bertz CT molecular complexity index is 473. The number of halogens is 1. The lowest BCUT2D eigenvalue weighted by atomic mass is 9.90. The number of hydrogen-bond acceptors (Lipinski definition) is 3. The number of nitrogens with one attached hydrogen (secondary N) is 1. The van der Waals surface area contributed by atoms with Crippen molar-refractivity contribution in [3.63, 3.8) is 0 Å². The number of rotatable bonds is 4. The molecule has 1 aliphatic heterocycles. The van der Waals surface area contributed by atoms with Crippen molar-refractivity contribution in [1.29, 1.82) is 0 Å². The molecule has 2 rings (SSSR count). The van der Waals surface area contributed by atoms with E-state index in [1.807, 2.05) is 4.90 Å². The normalized spacial score (nSPS) is 20.1. The third-order valence-electron chi connectivity index (χ3n) is 3.99. The van der Waals surface area contributed by atoms with Crippen molar-refractivity contribution in [3.8, 4) is 0 Å². The summed E-state index contributed by atoms with van der Waals surface area (Å²) < 4.78 is 13.8. The molecule has 0 amide bonds. The van der Waals surface area contributed by atoms with E-state index in [9.17, 15) is 14.3 Å². The van der Waals surface area contributed by atoms with Crippen LogP contribution in [0.3, 0.4) is 0 Å². The van der Waals surface area contributed by atoms with E-state index in [4.69, 9.17) is 0 Å². The maximum atomic E-state index is 13.8. The van der Waals surface area contributed by atoms with Gasteiger partial charge in [-0.3, -0.25) is 9.69 Å². The van der Waals surface area contributed by atoms with E-state index in [-0.39, 0.29) is 12.2 Å². The van der Waals surface area contributed by atoms with Crippen LogP contribution in [-0.4, -0.2) is 47.7 Å². The Kier molecular flexibility index (Phi) is 4.73. The lowest BCUT2D eigenvalue weighted by molar-refractivity contribution is -0.150. The molecule has 1 aromatic rings. The largest absolute Gasteiger partial charge is 0.480 e. The highest BCUT2D eigenvalue weighted by Gasteiger charge is 2.40. The zero-order valence-electron chi connectivity index (χ0n) is 11.7. The summed E-state index contributed by atoms with van der Waals surface area (Å²) in [6.07, 6.45) is 1.08. The van der Waals surface area contributed by atoms with Gasteiger partial charge in [0.1, 0.15) is 11.4 Å². The molecule has 0 aliphatic carbocycles. The zero-order chi connectivity index (χ0) is 14.6. The van der Waals surface area contributed by atoms with Crippen LogP contribution in [0.5, 0.6) is 0 Å². The van der Waals surface area contributed by atoms with Gasteiger partial charge >= 0.3 is 5.97 Å². The number of carbonyl (C=O) groups is 1. The van der Waals surface area contributed by atoms with E-state index in [0.29, 0.717) is 18.7 Å². The van der Waals surface area contributed by atoms with Gasteiger partial charge in [-0.15, -0.1) is 0 Å². The number of nitrogens with zero attached hydrogens (tertiary/aromatic N) is 1. The van der Waals surface area contributed by atoms with Gasteiger partial charge in [0.05, 0.1) is 0 Å². The van der Waals surface area contributed by atoms with Crippen LogP contribution in [0.15, 0.2) is 24.3 Å². The standard InChI is InChI=1S/C15H21FN2O2/c1-15(14(19)20,18-9-4-7-17-8-10-18)11-12-5-2-3-6-13(12)16/h2-3,5-6,17H,4,7-11H2,1H3,(H,19,20). The quantitative estimate of drug-likeness (QED) is 0.878. The molecule has 1 aliphatic rings. The first-order valence-corrected chi connectivity index (χ1v) is 6.96. The number of aliphatic carboxylic acids is 1. The zero-order valence-corrected chi connectivity index (χ0v) is 11.7. The number of hydrogen-bond donors (Lipinski definition) is 2. The van der Waals surface area contributed by atoms with Crippen LogP contribution >= 0.6 is 0 Å². The SMILES string of the molecule is CC(Cc1ccccc1F)(C(=O)O)N1CCCNCC1. The highest BCUT2D eigenvalue weighted by Crippen LogP contribution is 2.24. The molecule has 0 aromatic heterocycles. The maximum Gasteiger partial charge on any atom is 0.324 e. The highest BCUT2D eigenvalue weighted by atomic mass is 19.1. The molecule has 1 aromatic carbocycles. The van der Waals surface area contributed by atoms with Crippen molar-refractivity contribution in [2.75, 3.05) is 26.2 Å². The van der Waals surface area contributed by atoms with E-state index in [2.05, 4.69) is 5.32 Å². The van der Waals surface area contributed by atoms with E-state index in [0.717, 1.165) is 19.5 Å². The molecule has 2 N–H and O–H groups in total. The first-order valence-electron chi connectivity index (χ1n) is 6.96. The van der Waals surface area contributed by atoms with Gasteiger partial charge in [-0.05, 0) is 31.5 Å². The van der Waals surface area contributed by atoms with Gasteiger partial charge in [-0.2, -0.15) is 0 Å². The fourth-order valence-electron chi connectivity index (χ4n) is 2.67. The van der Waals surface area contributed by atoms with Crippen molar-refractivity contribution in [3.05, 3.63) is 35.6 Å². The minimum absolute atomic E-state index is 0.176. The first kappa shape index (κ1) is 14.9. The van der Waals surface area contributed by atoms with Crippen LogP contribution in [0.1, 0.15) is 18.9 Å². The van der Waals surface area contributed by atoms with Crippen molar-refractivity contribution in [2.24, 2.45) is 0 Å². The molecule has 5 heteroatoms. The molecule has 1 unspecified atom stereocenters. The monoisotopic (exact) mass is 280 g/mol. The van der Waals surface area contributed by atoms with Crippen LogP contribution in [0.25, 0.3) is 0 Å². The summed E-state index contributed by atoms with van der Waals surface area (Å²) in [7, 11) is 0.